The Hall–Kier alpha value is -1.36. The Balaban J connectivity index is 2.12. The first-order valence-electron chi connectivity index (χ1n) is 6.72. The van der Waals surface area contributed by atoms with Crippen LogP contribution in [0.15, 0.2) is 6.07 Å². The van der Waals surface area contributed by atoms with Crippen molar-refractivity contribution in [3.8, 4) is 0 Å². The number of rotatable bonds is 5. The van der Waals surface area contributed by atoms with Crippen molar-refractivity contribution >= 4 is 11.6 Å². The number of hydrazine groups is 1. The zero-order chi connectivity index (χ0) is 13.1. The summed E-state index contributed by atoms with van der Waals surface area (Å²) in [4.78, 5) is 8.89. The fourth-order valence-electron chi connectivity index (χ4n) is 2.16. The van der Waals surface area contributed by atoms with Crippen molar-refractivity contribution < 1.29 is 0 Å². The highest BCUT2D eigenvalue weighted by molar-refractivity contribution is 5.47. The minimum atomic E-state index is 0.290. The van der Waals surface area contributed by atoms with Crippen LogP contribution in [0.4, 0.5) is 11.6 Å². The van der Waals surface area contributed by atoms with Crippen LogP contribution in [0.5, 0.6) is 0 Å². The van der Waals surface area contributed by atoms with Crippen LogP contribution >= 0.6 is 0 Å². The number of hydrogen-bond donors (Lipinski definition) is 3. The van der Waals surface area contributed by atoms with Gasteiger partial charge in [-0.25, -0.2) is 15.8 Å². The summed E-state index contributed by atoms with van der Waals surface area (Å²) < 4.78 is 0. The highest BCUT2D eigenvalue weighted by Gasteiger charge is 2.24. The summed E-state index contributed by atoms with van der Waals surface area (Å²) in [7, 11) is 0. The number of nitrogens with two attached hydrogens (primary N) is 1. The molecule has 0 aliphatic heterocycles. The molecular formula is C13H23N5. The normalized spacial score (nSPS) is 17.4. The van der Waals surface area contributed by atoms with Crippen LogP contribution in [0, 0.1) is 5.92 Å². The highest BCUT2D eigenvalue weighted by Crippen LogP contribution is 2.31. The molecule has 1 aliphatic carbocycles. The zero-order valence-corrected chi connectivity index (χ0v) is 11.4. The van der Waals surface area contributed by atoms with Crippen molar-refractivity contribution in [3.05, 3.63) is 11.9 Å². The number of nitrogens with one attached hydrogen (secondary N) is 2. The van der Waals surface area contributed by atoms with E-state index >= 15 is 0 Å². The summed E-state index contributed by atoms with van der Waals surface area (Å²) in [5, 5.41) is 3.47. The van der Waals surface area contributed by atoms with E-state index in [0.717, 1.165) is 17.6 Å². The molecule has 1 unspecified atom stereocenters. The summed E-state index contributed by atoms with van der Waals surface area (Å²) >= 11 is 0. The second kappa shape index (κ2) is 5.52. The van der Waals surface area contributed by atoms with Crippen molar-refractivity contribution in [2.24, 2.45) is 11.8 Å². The van der Waals surface area contributed by atoms with E-state index in [-0.39, 0.29) is 5.92 Å². The summed E-state index contributed by atoms with van der Waals surface area (Å²) in [6, 6.07) is 2.32. The van der Waals surface area contributed by atoms with Gasteiger partial charge in [-0.2, -0.15) is 0 Å². The van der Waals surface area contributed by atoms with Gasteiger partial charge < -0.3 is 10.7 Å². The minimum Gasteiger partial charge on any atom is -0.367 e. The highest BCUT2D eigenvalue weighted by atomic mass is 15.3. The van der Waals surface area contributed by atoms with Crippen LogP contribution in [-0.2, 0) is 0 Å². The predicted molar refractivity (Wildman–Crippen MR) is 74.4 cm³/mol. The molecule has 100 valence electrons. The molecular weight excluding hydrogens is 226 g/mol. The first kappa shape index (κ1) is 13.1. The van der Waals surface area contributed by atoms with E-state index in [9.17, 15) is 0 Å². The monoisotopic (exact) mass is 249 g/mol. The minimum absolute atomic E-state index is 0.290. The van der Waals surface area contributed by atoms with Crippen molar-refractivity contribution in [1.29, 1.82) is 0 Å². The number of hydrogen-bond acceptors (Lipinski definition) is 5. The van der Waals surface area contributed by atoms with Gasteiger partial charge in [0.15, 0.2) is 0 Å². The molecule has 2 rings (SSSR count). The molecule has 1 atom stereocenters. The summed E-state index contributed by atoms with van der Waals surface area (Å²) in [6.45, 7) is 6.38. The number of anilines is 2. The molecule has 0 amide bonds. The number of nitrogen functional groups attached to an aromatic ring is 1. The first-order chi connectivity index (χ1) is 8.60. The lowest BCUT2D eigenvalue weighted by Gasteiger charge is -2.32. The average molecular weight is 249 g/mol. The van der Waals surface area contributed by atoms with Gasteiger partial charge in [0.1, 0.15) is 17.5 Å². The Kier molecular flexibility index (Phi) is 4.01. The Morgan fingerprint density at radius 2 is 1.89 bits per heavy atom. The molecule has 0 bridgehead atoms. The largest absolute Gasteiger partial charge is 0.367 e. The molecule has 1 fully saturated rings. The van der Waals surface area contributed by atoms with Crippen LogP contribution in [0.1, 0.15) is 51.8 Å². The van der Waals surface area contributed by atoms with Crippen molar-refractivity contribution in [1.82, 2.24) is 9.97 Å². The molecule has 0 radical (unpaired) electrons. The lowest BCUT2D eigenvalue weighted by Crippen LogP contribution is -2.31. The molecule has 0 aromatic carbocycles. The second-order valence-corrected chi connectivity index (χ2v) is 5.42. The topological polar surface area (TPSA) is 75.9 Å². The molecule has 1 aromatic rings. The first-order valence-corrected chi connectivity index (χ1v) is 6.72. The molecule has 1 aliphatic rings. The van der Waals surface area contributed by atoms with Gasteiger partial charge in [-0.05, 0) is 25.7 Å². The lowest BCUT2D eigenvalue weighted by molar-refractivity contribution is 0.285. The third-order valence-electron chi connectivity index (χ3n) is 3.64. The van der Waals surface area contributed by atoms with Gasteiger partial charge in [-0.1, -0.05) is 20.3 Å². The third kappa shape index (κ3) is 2.90. The van der Waals surface area contributed by atoms with Gasteiger partial charge in [0.25, 0.3) is 0 Å². The summed E-state index contributed by atoms with van der Waals surface area (Å²) in [5.41, 5.74) is 2.60. The second-order valence-electron chi connectivity index (χ2n) is 5.42. The Labute approximate surface area is 109 Å². The molecule has 5 nitrogen and oxygen atoms in total. The summed E-state index contributed by atoms with van der Waals surface area (Å²) in [5.74, 6) is 8.85. The van der Waals surface area contributed by atoms with Crippen LogP contribution in [0.3, 0.4) is 0 Å². The van der Waals surface area contributed by atoms with E-state index in [1.54, 1.807) is 0 Å². The standard InChI is InChI=1S/C13H23N5/c1-8(2)13-16-11(7-12(17-13)18-14)15-9(3)10-5-4-6-10/h7-10H,4-6,14H2,1-3H3,(H2,15,16,17,18). The Bertz CT molecular complexity index is 400. The van der Waals surface area contributed by atoms with Crippen LogP contribution in [0.2, 0.25) is 0 Å². The number of aromatic nitrogens is 2. The van der Waals surface area contributed by atoms with Gasteiger partial charge in [-0.15, -0.1) is 0 Å². The molecule has 1 heterocycles. The van der Waals surface area contributed by atoms with Crippen LogP contribution in [-0.4, -0.2) is 16.0 Å². The van der Waals surface area contributed by atoms with Crippen molar-refractivity contribution in [2.45, 2.75) is 52.0 Å². The van der Waals surface area contributed by atoms with Crippen molar-refractivity contribution in [3.63, 3.8) is 0 Å². The summed E-state index contributed by atoms with van der Waals surface area (Å²) in [6.07, 6.45) is 3.99. The van der Waals surface area contributed by atoms with Gasteiger partial charge in [0.05, 0.1) is 0 Å². The maximum Gasteiger partial charge on any atom is 0.145 e. The van der Waals surface area contributed by atoms with Gasteiger partial charge in [0, 0.05) is 18.0 Å². The van der Waals surface area contributed by atoms with E-state index in [1.807, 2.05) is 6.07 Å². The number of nitrogens with zero attached hydrogens (tertiary/aromatic N) is 2. The lowest BCUT2D eigenvalue weighted by atomic mass is 9.80. The zero-order valence-electron chi connectivity index (χ0n) is 11.4. The van der Waals surface area contributed by atoms with Gasteiger partial charge in [-0.3, -0.25) is 0 Å². The van der Waals surface area contributed by atoms with E-state index in [0.29, 0.717) is 11.9 Å². The van der Waals surface area contributed by atoms with E-state index in [2.05, 4.69) is 41.5 Å². The molecule has 18 heavy (non-hydrogen) atoms. The van der Waals surface area contributed by atoms with Gasteiger partial charge in [0.2, 0.25) is 0 Å². The van der Waals surface area contributed by atoms with Crippen LogP contribution < -0.4 is 16.6 Å². The molecule has 0 spiro atoms. The van der Waals surface area contributed by atoms with E-state index < -0.39 is 0 Å². The SMILES string of the molecule is CC(C)c1nc(NN)cc(NC(C)C2CCC2)n1. The van der Waals surface area contributed by atoms with E-state index in [1.165, 1.54) is 19.3 Å². The van der Waals surface area contributed by atoms with Gasteiger partial charge >= 0.3 is 0 Å². The quantitative estimate of drug-likeness (QED) is 0.552. The molecule has 5 heteroatoms. The van der Waals surface area contributed by atoms with Crippen LogP contribution in [0.25, 0.3) is 0 Å². The molecule has 4 N–H and O–H groups in total. The molecule has 0 saturated heterocycles. The maximum atomic E-state index is 5.45. The van der Waals surface area contributed by atoms with Crippen molar-refractivity contribution in [2.75, 3.05) is 10.7 Å². The molecule has 1 aromatic heterocycles. The average Bonchev–Trinajstić information content (AvgIpc) is 2.25. The fourth-order valence-corrected chi connectivity index (χ4v) is 2.16. The van der Waals surface area contributed by atoms with E-state index in [4.69, 9.17) is 5.84 Å². The molecule has 1 saturated carbocycles. The Morgan fingerprint density at radius 1 is 1.22 bits per heavy atom. The fraction of sp³-hybridized carbons (Fsp3) is 0.692. The predicted octanol–water partition coefficient (Wildman–Crippen LogP) is 2.49. The third-order valence-corrected chi connectivity index (χ3v) is 3.64. The maximum absolute atomic E-state index is 5.45. The smallest absolute Gasteiger partial charge is 0.145 e. The Morgan fingerprint density at radius 3 is 2.39 bits per heavy atom.